The Hall–Kier alpha value is -1.11. The summed E-state index contributed by atoms with van der Waals surface area (Å²) in [6.07, 6.45) is 0. The Bertz CT molecular complexity index is 599. The van der Waals surface area contributed by atoms with Crippen molar-refractivity contribution in [1.29, 1.82) is 0 Å². The zero-order chi connectivity index (χ0) is 14.9. The van der Waals surface area contributed by atoms with Gasteiger partial charge in [0, 0.05) is 25.7 Å². The minimum Gasteiger partial charge on any atom is -0.495 e. The zero-order valence-corrected chi connectivity index (χ0v) is 13.3. The maximum absolute atomic E-state index is 12.9. The van der Waals surface area contributed by atoms with E-state index in [-0.39, 0.29) is 6.04 Å². The predicted octanol–water partition coefficient (Wildman–Crippen LogP) is 1.29. The highest BCUT2D eigenvalue weighted by Gasteiger charge is 2.32. The average molecular weight is 298 g/mol. The van der Waals surface area contributed by atoms with Crippen molar-refractivity contribution in [3.63, 3.8) is 0 Å². The quantitative estimate of drug-likeness (QED) is 0.913. The molecule has 2 rings (SSSR count). The largest absolute Gasteiger partial charge is 0.495 e. The van der Waals surface area contributed by atoms with Gasteiger partial charge in [-0.3, -0.25) is 0 Å². The van der Waals surface area contributed by atoms with Crippen molar-refractivity contribution in [2.45, 2.75) is 31.7 Å². The molecule has 5 nitrogen and oxygen atoms in total. The summed E-state index contributed by atoms with van der Waals surface area (Å²) in [6.45, 7) is 7.38. The summed E-state index contributed by atoms with van der Waals surface area (Å²) in [5.74, 6) is 0.425. The summed E-state index contributed by atoms with van der Waals surface area (Å²) in [6, 6.07) is 3.81. The first-order valence-electron chi connectivity index (χ1n) is 6.75. The van der Waals surface area contributed by atoms with Crippen LogP contribution in [0.5, 0.6) is 5.75 Å². The van der Waals surface area contributed by atoms with Gasteiger partial charge in [0.2, 0.25) is 10.0 Å². The third-order valence-corrected chi connectivity index (χ3v) is 5.58. The van der Waals surface area contributed by atoms with Crippen LogP contribution in [-0.4, -0.2) is 45.5 Å². The molecular formula is C14H22N2O3S. The molecule has 1 saturated heterocycles. The van der Waals surface area contributed by atoms with Gasteiger partial charge in [-0.15, -0.1) is 0 Å². The van der Waals surface area contributed by atoms with Gasteiger partial charge in [0.1, 0.15) is 10.6 Å². The molecule has 1 unspecified atom stereocenters. The van der Waals surface area contributed by atoms with Crippen LogP contribution in [0.3, 0.4) is 0 Å². The fraction of sp³-hybridized carbons (Fsp3) is 0.571. The Morgan fingerprint density at radius 3 is 2.65 bits per heavy atom. The Morgan fingerprint density at radius 2 is 2.05 bits per heavy atom. The Kier molecular flexibility index (Phi) is 4.36. The highest BCUT2D eigenvalue weighted by molar-refractivity contribution is 7.89. The fourth-order valence-electron chi connectivity index (χ4n) is 2.64. The second-order valence-corrected chi connectivity index (χ2v) is 7.21. The Balaban J connectivity index is 2.49. The van der Waals surface area contributed by atoms with Crippen molar-refractivity contribution in [3.8, 4) is 5.75 Å². The lowest BCUT2D eigenvalue weighted by atomic mass is 10.1. The Morgan fingerprint density at radius 1 is 1.35 bits per heavy atom. The average Bonchev–Trinajstić information content (AvgIpc) is 2.37. The molecule has 1 aromatic carbocycles. The molecule has 1 aromatic rings. The third kappa shape index (κ3) is 2.82. The second-order valence-electron chi connectivity index (χ2n) is 5.33. The van der Waals surface area contributed by atoms with E-state index in [9.17, 15) is 8.42 Å². The molecule has 1 heterocycles. The van der Waals surface area contributed by atoms with E-state index in [0.29, 0.717) is 30.3 Å². The normalized spacial score (nSPS) is 20.9. The number of aryl methyl sites for hydroxylation is 2. The summed E-state index contributed by atoms with van der Waals surface area (Å²) < 4.78 is 32.6. The smallest absolute Gasteiger partial charge is 0.247 e. The number of methoxy groups -OCH3 is 1. The summed E-state index contributed by atoms with van der Waals surface area (Å²) in [5, 5.41) is 3.25. The van der Waals surface area contributed by atoms with Crippen molar-refractivity contribution < 1.29 is 13.2 Å². The van der Waals surface area contributed by atoms with Crippen molar-refractivity contribution in [2.75, 3.05) is 26.7 Å². The van der Waals surface area contributed by atoms with Crippen LogP contribution in [0.1, 0.15) is 18.1 Å². The van der Waals surface area contributed by atoms with Crippen LogP contribution in [0.15, 0.2) is 17.0 Å². The van der Waals surface area contributed by atoms with Crippen LogP contribution < -0.4 is 10.1 Å². The summed E-state index contributed by atoms with van der Waals surface area (Å²) in [5.41, 5.74) is 1.72. The topological polar surface area (TPSA) is 58.6 Å². The van der Waals surface area contributed by atoms with Crippen LogP contribution in [0.25, 0.3) is 0 Å². The second kappa shape index (κ2) is 5.71. The van der Waals surface area contributed by atoms with E-state index in [4.69, 9.17) is 4.74 Å². The van der Waals surface area contributed by atoms with Gasteiger partial charge in [0.05, 0.1) is 7.11 Å². The Labute approximate surface area is 121 Å². The molecule has 0 radical (unpaired) electrons. The number of nitrogens with one attached hydrogen (secondary N) is 1. The lowest BCUT2D eigenvalue weighted by Gasteiger charge is -2.31. The van der Waals surface area contributed by atoms with E-state index in [1.165, 1.54) is 11.4 Å². The van der Waals surface area contributed by atoms with E-state index in [1.807, 2.05) is 26.8 Å². The molecule has 1 N–H and O–H groups in total. The molecule has 1 fully saturated rings. The van der Waals surface area contributed by atoms with Gasteiger partial charge in [-0.25, -0.2) is 8.42 Å². The van der Waals surface area contributed by atoms with Crippen molar-refractivity contribution in [1.82, 2.24) is 9.62 Å². The lowest BCUT2D eigenvalue weighted by Crippen LogP contribution is -2.51. The molecule has 20 heavy (non-hydrogen) atoms. The number of nitrogens with zero attached hydrogens (tertiary/aromatic N) is 1. The minimum atomic E-state index is -3.52. The number of piperazine rings is 1. The fourth-order valence-corrected chi connectivity index (χ4v) is 4.51. The number of hydrogen-bond acceptors (Lipinski definition) is 4. The van der Waals surface area contributed by atoms with Gasteiger partial charge in [0.15, 0.2) is 0 Å². The van der Waals surface area contributed by atoms with Crippen LogP contribution in [0.2, 0.25) is 0 Å². The lowest BCUT2D eigenvalue weighted by molar-refractivity contribution is 0.308. The van der Waals surface area contributed by atoms with E-state index in [1.54, 1.807) is 6.07 Å². The van der Waals surface area contributed by atoms with Crippen LogP contribution >= 0.6 is 0 Å². The van der Waals surface area contributed by atoms with Crippen molar-refractivity contribution in [3.05, 3.63) is 23.3 Å². The zero-order valence-electron chi connectivity index (χ0n) is 12.4. The number of ether oxygens (including phenoxy) is 1. The van der Waals surface area contributed by atoms with Crippen LogP contribution in [0, 0.1) is 13.8 Å². The molecule has 1 aliphatic rings. The van der Waals surface area contributed by atoms with Crippen LogP contribution in [-0.2, 0) is 10.0 Å². The molecule has 0 bridgehead atoms. The third-order valence-electron chi connectivity index (χ3n) is 3.53. The highest BCUT2D eigenvalue weighted by atomic mass is 32.2. The van der Waals surface area contributed by atoms with Crippen LogP contribution in [0.4, 0.5) is 0 Å². The summed E-state index contributed by atoms with van der Waals surface area (Å²) in [7, 11) is -2.01. The monoisotopic (exact) mass is 298 g/mol. The van der Waals surface area contributed by atoms with Gasteiger partial charge in [-0.1, -0.05) is 6.07 Å². The van der Waals surface area contributed by atoms with E-state index < -0.39 is 10.0 Å². The molecule has 0 aliphatic carbocycles. The summed E-state index contributed by atoms with van der Waals surface area (Å²) in [4.78, 5) is 0.291. The molecule has 0 aromatic heterocycles. The maximum Gasteiger partial charge on any atom is 0.247 e. The van der Waals surface area contributed by atoms with E-state index in [0.717, 1.165) is 11.1 Å². The molecule has 112 valence electrons. The first kappa shape index (κ1) is 15.3. The molecule has 0 amide bonds. The standard InChI is InChI=1S/C14H22N2O3S/c1-10-7-11(2)14(13(8-10)19-4)20(17,18)16-6-5-15-12(3)9-16/h7-8,12,15H,5-6,9H2,1-4H3. The molecule has 0 spiro atoms. The van der Waals surface area contributed by atoms with E-state index in [2.05, 4.69) is 5.32 Å². The molecule has 1 atom stereocenters. The molecule has 6 heteroatoms. The first-order valence-corrected chi connectivity index (χ1v) is 8.19. The molecule has 0 saturated carbocycles. The highest BCUT2D eigenvalue weighted by Crippen LogP contribution is 2.31. The number of hydrogen-bond donors (Lipinski definition) is 1. The molecule has 1 aliphatic heterocycles. The number of benzene rings is 1. The maximum atomic E-state index is 12.9. The van der Waals surface area contributed by atoms with Gasteiger partial charge in [-0.05, 0) is 38.0 Å². The van der Waals surface area contributed by atoms with Gasteiger partial charge in [0.25, 0.3) is 0 Å². The SMILES string of the molecule is COc1cc(C)cc(C)c1S(=O)(=O)N1CCNC(C)C1. The predicted molar refractivity (Wildman–Crippen MR) is 78.7 cm³/mol. The van der Waals surface area contributed by atoms with Gasteiger partial charge in [-0.2, -0.15) is 4.31 Å². The van der Waals surface area contributed by atoms with Gasteiger partial charge >= 0.3 is 0 Å². The minimum absolute atomic E-state index is 0.162. The number of sulfonamides is 1. The number of rotatable bonds is 3. The van der Waals surface area contributed by atoms with Crippen molar-refractivity contribution >= 4 is 10.0 Å². The molecular weight excluding hydrogens is 276 g/mol. The van der Waals surface area contributed by atoms with Gasteiger partial charge < -0.3 is 10.1 Å². The summed E-state index contributed by atoms with van der Waals surface area (Å²) >= 11 is 0. The van der Waals surface area contributed by atoms with E-state index >= 15 is 0 Å². The first-order chi connectivity index (χ1) is 9.36. The van der Waals surface area contributed by atoms with Crippen molar-refractivity contribution in [2.24, 2.45) is 0 Å².